The molecule has 4 heteroatoms. The Morgan fingerprint density at radius 2 is 2.06 bits per heavy atom. The number of aliphatic hydroxyl groups excluding tert-OH is 1. The van der Waals surface area contributed by atoms with Crippen LogP contribution in [-0.4, -0.2) is 32.0 Å². The normalized spacial score (nSPS) is 9.72. The number of rotatable bonds is 6. The first kappa shape index (κ1) is 14.5. The number of hydrogen-bond donors (Lipinski definition) is 1. The van der Waals surface area contributed by atoms with Crippen LogP contribution in [0.15, 0.2) is 18.2 Å². The molecule has 0 heterocycles. The van der Waals surface area contributed by atoms with Gasteiger partial charge in [-0.05, 0) is 25.0 Å². The fourth-order valence-electron chi connectivity index (χ4n) is 1.36. The van der Waals surface area contributed by atoms with Gasteiger partial charge in [0, 0.05) is 19.8 Å². The number of benzene rings is 1. The molecule has 1 aromatic rings. The summed E-state index contributed by atoms with van der Waals surface area (Å²) in [7, 11) is 1.66. The van der Waals surface area contributed by atoms with E-state index in [-0.39, 0.29) is 12.2 Å². The molecule has 0 saturated heterocycles. The Kier molecular flexibility index (Phi) is 6.85. The van der Waals surface area contributed by atoms with E-state index in [1.807, 2.05) is 0 Å². The van der Waals surface area contributed by atoms with Gasteiger partial charge in [-0.2, -0.15) is 0 Å². The maximum Gasteiger partial charge on any atom is 0.142 e. The SMILES string of the molecule is COCCCCOc1ccc(C#CCO)c(F)c1. The first-order valence-corrected chi connectivity index (χ1v) is 5.79. The van der Waals surface area contributed by atoms with Gasteiger partial charge in [-0.3, -0.25) is 0 Å². The highest BCUT2D eigenvalue weighted by atomic mass is 19.1. The molecule has 0 bridgehead atoms. The van der Waals surface area contributed by atoms with Gasteiger partial charge >= 0.3 is 0 Å². The summed E-state index contributed by atoms with van der Waals surface area (Å²) in [5.41, 5.74) is 0.260. The summed E-state index contributed by atoms with van der Waals surface area (Å²) in [6.45, 7) is 0.953. The third-order valence-corrected chi connectivity index (χ3v) is 2.25. The van der Waals surface area contributed by atoms with E-state index in [0.29, 0.717) is 19.0 Å². The van der Waals surface area contributed by atoms with Crippen LogP contribution in [0.5, 0.6) is 5.75 Å². The third kappa shape index (κ3) is 5.17. The first-order chi connectivity index (χ1) is 8.77. The predicted molar refractivity (Wildman–Crippen MR) is 67.0 cm³/mol. The zero-order chi connectivity index (χ0) is 13.2. The molecule has 98 valence electrons. The van der Waals surface area contributed by atoms with E-state index >= 15 is 0 Å². The second-order valence-electron chi connectivity index (χ2n) is 3.65. The largest absolute Gasteiger partial charge is 0.493 e. The zero-order valence-electron chi connectivity index (χ0n) is 10.4. The van der Waals surface area contributed by atoms with Crippen molar-refractivity contribution in [2.24, 2.45) is 0 Å². The van der Waals surface area contributed by atoms with E-state index < -0.39 is 5.82 Å². The maximum atomic E-state index is 13.5. The van der Waals surface area contributed by atoms with Crippen LogP contribution in [0.1, 0.15) is 18.4 Å². The number of halogens is 1. The fourth-order valence-corrected chi connectivity index (χ4v) is 1.36. The molecule has 0 aliphatic heterocycles. The standard InChI is InChI=1S/C14H17FO3/c1-17-9-2-3-10-18-13-7-6-12(5-4-8-16)14(15)11-13/h6-7,11,16H,2-3,8-10H2,1H3. The molecule has 0 amide bonds. The number of unbranched alkanes of at least 4 members (excludes halogenated alkanes) is 1. The van der Waals surface area contributed by atoms with Gasteiger partial charge in [-0.1, -0.05) is 11.8 Å². The Balaban J connectivity index is 2.46. The summed E-state index contributed by atoms with van der Waals surface area (Å²) in [5.74, 6) is 4.97. The maximum absolute atomic E-state index is 13.5. The molecule has 3 nitrogen and oxygen atoms in total. The zero-order valence-corrected chi connectivity index (χ0v) is 10.4. The summed E-state index contributed by atoms with van der Waals surface area (Å²) in [5, 5.41) is 8.53. The van der Waals surface area contributed by atoms with Crippen molar-refractivity contribution in [2.45, 2.75) is 12.8 Å². The average molecular weight is 252 g/mol. The van der Waals surface area contributed by atoms with E-state index in [2.05, 4.69) is 11.8 Å². The van der Waals surface area contributed by atoms with Crippen molar-refractivity contribution in [1.29, 1.82) is 0 Å². The van der Waals surface area contributed by atoms with Gasteiger partial charge in [0.25, 0.3) is 0 Å². The van der Waals surface area contributed by atoms with Crippen LogP contribution in [0.25, 0.3) is 0 Å². The summed E-state index contributed by atoms with van der Waals surface area (Å²) < 4.78 is 23.8. The summed E-state index contributed by atoms with van der Waals surface area (Å²) in [6.07, 6.45) is 1.78. The molecule has 1 rings (SSSR count). The van der Waals surface area contributed by atoms with E-state index in [9.17, 15) is 4.39 Å². The molecular weight excluding hydrogens is 235 g/mol. The van der Waals surface area contributed by atoms with Crippen molar-refractivity contribution >= 4 is 0 Å². The highest BCUT2D eigenvalue weighted by Crippen LogP contribution is 2.16. The summed E-state index contributed by atoms with van der Waals surface area (Å²) >= 11 is 0. The Morgan fingerprint density at radius 1 is 1.28 bits per heavy atom. The van der Waals surface area contributed by atoms with Crippen LogP contribution in [0.2, 0.25) is 0 Å². The van der Waals surface area contributed by atoms with Gasteiger partial charge in [0.05, 0.1) is 12.2 Å². The molecule has 18 heavy (non-hydrogen) atoms. The highest BCUT2D eigenvalue weighted by Gasteiger charge is 2.02. The second kappa shape index (κ2) is 8.51. The second-order valence-corrected chi connectivity index (χ2v) is 3.65. The van der Waals surface area contributed by atoms with Gasteiger partial charge < -0.3 is 14.6 Å². The number of ether oxygens (including phenoxy) is 2. The molecule has 0 saturated carbocycles. The molecule has 1 N–H and O–H groups in total. The van der Waals surface area contributed by atoms with Crippen LogP contribution in [0.3, 0.4) is 0 Å². The van der Waals surface area contributed by atoms with Crippen molar-refractivity contribution in [1.82, 2.24) is 0 Å². The van der Waals surface area contributed by atoms with Crippen molar-refractivity contribution in [3.63, 3.8) is 0 Å². The van der Waals surface area contributed by atoms with Crippen LogP contribution in [0, 0.1) is 17.7 Å². The summed E-state index contributed by atoms with van der Waals surface area (Å²) in [4.78, 5) is 0. The minimum Gasteiger partial charge on any atom is -0.493 e. The Morgan fingerprint density at radius 3 is 2.72 bits per heavy atom. The Hall–Kier alpha value is -1.57. The fraction of sp³-hybridized carbons (Fsp3) is 0.429. The van der Waals surface area contributed by atoms with Crippen molar-refractivity contribution in [2.75, 3.05) is 26.9 Å². The molecular formula is C14H17FO3. The minimum atomic E-state index is -0.439. The van der Waals surface area contributed by atoms with Crippen molar-refractivity contribution < 1.29 is 19.0 Å². The minimum absolute atomic E-state index is 0.260. The van der Waals surface area contributed by atoms with E-state index in [1.165, 1.54) is 6.07 Å². The van der Waals surface area contributed by atoms with Gasteiger partial charge in [0.15, 0.2) is 0 Å². The lowest BCUT2D eigenvalue weighted by atomic mass is 10.2. The number of hydrogen-bond acceptors (Lipinski definition) is 3. The molecule has 0 fully saturated rings. The molecule has 0 radical (unpaired) electrons. The highest BCUT2D eigenvalue weighted by molar-refractivity contribution is 5.39. The topological polar surface area (TPSA) is 38.7 Å². The molecule has 0 aromatic heterocycles. The van der Waals surface area contributed by atoms with Gasteiger partial charge in [0.1, 0.15) is 18.2 Å². The van der Waals surface area contributed by atoms with Crippen LogP contribution in [-0.2, 0) is 4.74 Å². The molecule has 0 unspecified atom stereocenters. The monoisotopic (exact) mass is 252 g/mol. The lowest BCUT2D eigenvalue weighted by Crippen LogP contribution is -2.00. The number of methoxy groups -OCH3 is 1. The van der Waals surface area contributed by atoms with Crippen molar-refractivity contribution in [3.8, 4) is 17.6 Å². The van der Waals surface area contributed by atoms with Crippen LogP contribution in [0.4, 0.5) is 4.39 Å². The average Bonchev–Trinajstić information content (AvgIpc) is 2.37. The molecule has 0 spiro atoms. The first-order valence-electron chi connectivity index (χ1n) is 5.79. The van der Waals surface area contributed by atoms with Gasteiger partial charge in [0.2, 0.25) is 0 Å². The molecule has 1 aromatic carbocycles. The smallest absolute Gasteiger partial charge is 0.142 e. The summed E-state index contributed by atoms with van der Waals surface area (Å²) in [6, 6.07) is 4.51. The Bertz CT molecular complexity index is 421. The molecule has 0 aliphatic rings. The van der Waals surface area contributed by atoms with Gasteiger partial charge in [-0.25, -0.2) is 4.39 Å². The molecule has 0 aliphatic carbocycles. The quantitative estimate of drug-likeness (QED) is 0.621. The number of aliphatic hydroxyl groups is 1. The van der Waals surface area contributed by atoms with Crippen LogP contribution >= 0.6 is 0 Å². The van der Waals surface area contributed by atoms with Crippen LogP contribution < -0.4 is 4.74 Å². The third-order valence-electron chi connectivity index (χ3n) is 2.25. The lowest BCUT2D eigenvalue weighted by Gasteiger charge is -2.06. The van der Waals surface area contributed by atoms with Gasteiger partial charge in [-0.15, -0.1) is 0 Å². The van der Waals surface area contributed by atoms with E-state index in [0.717, 1.165) is 12.8 Å². The predicted octanol–water partition coefficient (Wildman–Crippen LogP) is 1.97. The van der Waals surface area contributed by atoms with Crippen molar-refractivity contribution in [3.05, 3.63) is 29.6 Å². The van der Waals surface area contributed by atoms with E-state index in [4.69, 9.17) is 14.6 Å². The Labute approximate surface area is 107 Å². The van der Waals surface area contributed by atoms with E-state index in [1.54, 1.807) is 19.2 Å². The lowest BCUT2D eigenvalue weighted by molar-refractivity contribution is 0.184. The molecule has 0 atom stereocenters.